The van der Waals surface area contributed by atoms with Gasteiger partial charge in [0.25, 0.3) is 0 Å². The van der Waals surface area contributed by atoms with Crippen LogP contribution >= 0.6 is 11.6 Å². The zero-order valence-electron chi connectivity index (χ0n) is 15.7. The van der Waals surface area contributed by atoms with Crippen LogP contribution in [0, 0.1) is 0 Å². The molecule has 0 bridgehead atoms. The molecular weight excluding hydrogens is 436 g/mol. The van der Waals surface area contributed by atoms with Crippen LogP contribution < -0.4 is 0 Å². The Morgan fingerprint density at radius 2 is 1.70 bits per heavy atom. The van der Waals surface area contributed by atoms with E-state index in [0.29, 0.717) is 10.4 Å². The van der Waals surface area contributed by atoms with E-state index in [1.54, 1.807) is 24.3 Å². The van der Waals surface area contributed by atoms with Crippen LogP contribution in [0.3, 0.4) is 0 Å². The second-order valence-corrected chi connectivity index (χ2v) is 9.44. The zero-order valence-corrected chi connectivity index (χ0v) is 17.3. The van der Waals surface area contributed by atoms with Crippen LogP contribution in [0.15, 0.2) is 41.3 Å². The molecular formula is C19H19ClN2O7S. The van der Waals surface area contributed by atoms with Gasteiger partial charge >= 0.3 is 12.1 Å². The Bertz CT molecular complexity index is 1120. The van der Waals surface area contributed by atoms with Crippen LogP contribution in [0.25, 0.3) is 10.8 Å². The molecule has 2 aromatic carbocycles. The first-order valence-corrected chi connectivity index (χ1v) is 11.0. The lowest BCUT2D eigenvalue weighted by molar-refractivity contribution is -0.153. The van der Waals surface area contributed by atoms with Gasteiger partial charge in [-0.3, -0.25) is 4.79 Å². The molecule has 1 fully saturated rings. The maximum absolute atomic E-state index is 12.7. The molecule has 1 saturated heterocycles. The van der Waals surface area contributed by atoms with Crippen molar-refractivity contribution in [2.75, 3.05) is 25.4 Å². The van der Waals surface area contributed by atoms with Crippen LogP contribution in [0.1, 0.15) is 6.42 Å². The number of piperazine rings is 1. The Labute approximate surface area is 177 Å². The molecule has 2 aromatic rings. The summed E-state index contributed by atoms with van der Waals surface area (Å²) in [5.41, 5.74) is 0. The number of aliphatic carboxylic acids is 1. The fourth-order valence-electron chi connectivity index (χ4n) is 3.34. The SMILES string of the molecule is O=C(O)C1CN(C(=O)O)CCN1C(=O)CCS(=O)(=O)c1ccc2cc(Cl)ccc2c1. The summed E-state index contributed by atoms with van der Waals surface area (Å²) in [6.45, 7) is -0.514. The molecule has 1 heterocycles. The first kappa shape index (κ1) is 21.8. The van der Waals surface area contributed by atoms with Crippen LogP contribution in [-0.4, -0.2) is 77.8 Å². The molecule has 1 unspecified atom stereocenters. The van der Waals surface area contributed by atoms with Gasteiger partial charge in [0, 0.05) is 24.5 Å². The lowest BCUT2D eigenvalue weighted by Crippen LogP contribution is -2.59. The van der Waals surface area contributed by atoms with Crippen molar-refractivity contribution < 1.29 is 33.0 Å². The minimum absolute atomic E-state index is 0.0369. The van der Waals surface area contributed by atoms with Gasteiger partial charge in [-0.1, -0.05) is 23.7 Å². The van der Waals surface area contributed by atoms with Crippen molar-refractivity contribution >= 4 is 50.2 Å². The highest BCUT2D eigenvalue weighted by atomic mass is 35.5. The Morgan fingerprint density at radius 3 is 2.37 bits per heavy atom. The highest BCUT2D eigenvalue weighted by Crippen LogP contribution is 2.24. The summed E-state index contributed by atoms with van der Waals surface area (Å²) < 4.78 is 25.4. The Morgan fingerprint density at radius 1 is 1.03 bits per heavy atom. The normalized spacial score (nSPS) is 17.2. The van der Waals surface area contributed by atoms with Crippen LogP contribution in [0.2, 0.25) is 5.02 Å². The van der Waals surface area contributed by atoms with Crippen molar-refractivity contribution in [3.63, 3.8) is 0 Å². The van der Waals surface area contributed by atoms with Crippen molar-refractivity contribution in [2.24, 2.45) is 0 Å². The molecule has 1 aliphatic heterocycles. The summed E-state index contributed by atoms with van der Waals surface area (Å²) in [6.07, 6.45) is -1.67. The second-order valence-electron chi connectivity index (χ2n) is 6.89. The maximum atomic E-state index is 12.7. The molecule has 160 valence electrons. The molecule has 0 aliphatic carbocycles. The van der Waals surface area contributed by atoms with Crippen molar-refractivity contribution in [1.29, 1.82) is 0 Å². The Balaban J connectivity index is 1.72. The van der Waals surface area contributed by atoms with Gasteiger partial charge in [-0.15, -0.1) is 0 Å². The lowest BCUT2D eigenvalue weighted by atomic mass is 10.1. The standard InChI is InChI=1S/C19H19ClN2O7S/c20-14-3-1-13-10-15(4-2-12(13)9-14)30(28,29)8-5-17(23)22-7-6-21(19(26)27)11-16(22)18(24)25/h1-4,9-10,16H,5-8,11H2,(H,24,25)(H,26,27). The van der Waals surface area contributed by atoms with E-state index in [1.807, 2.05) is 0 Å². The summed E-state index contributed by atoms with van der Waals surface area (Å²) in [5.74, 6) is -2.48. The topological polar surface area (TPSA) is 132 Å². The smallest absolute Gasteiger partial charge is 0.407 e. The molecule has 0 aromatic heterocycles. The van der Waals surface area contributed by atoms with E-state index in [9.17, 15) is 27.9 Å². The number of benzene rings is 2. The molecule has 0 radical (unpaired) electrons. The van der Waals surface area contributed by atoms with E-state index in [4.69, 9.17) is 16.7 Å². The van der Waals surface area contributed by atoms with Gasteiger partial charge in [0.05, 0.1) is 17.2 Å². The number of amides is 2. The number of halogens is 1. The van der Waals surface area contributed by atoms with Gasteiger partial charge in [-0.25, -0.2) is 18.0 Å². The number of hydrogen-bond donors (Lipinski definition) is 2. The van der Waals surface area contributed by atoms with E-state index in [2.05, 4.69) is 0 Å². The van der Waals surface area contributed by atoms with Crippen LogP contribution in [0.4, 0.5) is 4.79 Å². The van der Waals surface area contributed by atoms with E-state index in [1.165, 1.54) is 12.1 Å². The summed E-state index contributed by atoms with van der Waals surface area (Å²) in [6, 6.07) is 8.26. The van der Waals surface area contributed by atoms with Gasteiger partial charge < -0.3 is 20.0 Å². The number of nitrogens with zero attached hydrogens (tertiary/aromatic N) is 2. The molecule has 2 N–H and O–H groups in total. The third kappa shape index (κ3) is 4.65. The minimum Gasteiger partial charge on any atom is -0.480 e. The number of sulfone groups is 1. The van der Waals surface area contributed by atoms with Gasteiger partial charge in [0.15, 0.2) is 9.84 Å². The van der Waals surface area contributed by atoms with Gasteiger partial charge in [-0.05, 0) is 35.0 Å². The third-order valence-electron chi connectivity index (χ3n) is 4.97. The molecule has 3 rings (SSSR count). The molecule has 1 atom stereocenters. The summed E-state index contributed by atoms with van der Waals surface area (Å²) >= 11 is 5.93. The molecule has 0 spiro atoms. The zero-order chi connectivity index (χ0) is 22.1. The van der Waals surface area contributed by atoms with Gasteiger partial charge in [-0.2, -0.15) is 0 Å². The summed E-state index contributed by atoms with van der Waals surface area (Å²) in [5, 5.41) is 20.4. The summed E-state index contributed by atoms with van der Waals surface area (Å²) in [4.78, 5) is 37.1. The fourth-order valence-corrected chi connectivity index (χ4v) is 4.78. The highest BCUT2D eigenvalue weighted by molar-refractivity contribution is 7.91. The van der Waals surface area contributed by atoms with Crippen LogP contribution in [0.5, 0.6) is 0 Å². The highest BCUT2D eigenvalue weighted by Gasteiger charge is 2.37. The average Bonchev–Trinajstić information content (AvgIpc) is 2.71. The third-order valence-corrected chi connectivity index (χ3v) is 6.92. The first-order valence-electron chi connectivity index (χ1n) is 9.01. The number of rotatable bonds is 5. The van der Waals surface area contributed by atoms with E-state index >= 15 is 0 Å². The van der Waals surface area contributed by atoms with Crippen molar-refractivity contribution in [3.05, 3.63) is 41.4 Å². The monoisotopic (exact) mass is 454 g/mol. The minimum atomic E-state index is -3.79. The largest absolute Gasteiger partial charge is 0.480 e. The van der Waals surface area contributed by atoms with E-state index in [-0.39, 0.29) is 24.5 Å². The number of carbonyl (C=O) groups is 3. The van der Waals surface area contributed by atoms with Gasteiger partial charge in [0.2, 0.25) is 5.91 Å². The molecule has 30 heavy (non-hydrogen) atoms. The molecule has 2 amide bonds. The summed E-state index contributed by atoms with van der Waals surface area (Å²) in [7, 11) is -3.79. The van der Waals surface area contributed by atoms with Gasteiger partial charge in [0.1, 0.15) is 6.04 Å². The van der Waals surface area contributed by atoms with Crippen molar-refractivity contribution in [2.45, 2.75) is 17.4 Å². The number of carbonyl (C=O) groups excluding carboxylic acids is 1. The second kappa shape index (κ2) is 8.49. The predicted octanol–water partition coefficient (Wildman–Crippen LogP) is 1.93. The van der Waals surface area contributed by atoms with E-state index < -0.39 is 46.0 Å². The average molecular weight is 455 g/mol. The molecule has 0 saturated carbocycles. The fraction of sp³-hybridized carbons (Fsp3) is 0.316. The molecule has 9 nitrogen and oxygen atoms in total. The Kier molecular flexibility index (Phi) is 6.18. The number of hydrogen-bond acceptors (Lipinski definition) is 5. The Hall–Kier alpha value is -2.85. The number of carboxylic acids is 1. The van der Waals surface area contributed by atoms with Crippen molar-refractivity contribution in [3.8, 4) is 0 Å². The predicted molar refractivity (Wildman–Crippen MR) is 108 cm³/mol. The number of fused-ring (bicyclic) bond motifs is 1. The number of carboxylic acid groups (broad SMARTS) is 2. The van der Waals surface area contributed by atoms with E-state index in [0.717, 1.165) is 15.2 Å². The lowest BCUT2D eigenvalue weighted by Gasteiger charge is -2.38. The van der Waals surface area contributed by atoms with Crippen LogP contribution in [-0.2, 0) is 19.4 Å². The molecule has 11 heteroatoms. The molecule has 1 aliphatic rings. The maximum Gasteiger partial charge on any atom is 0.407 e. The quantitative estimate of drug-likeness (QED) is 0.705. The first-order chi connectivity index (χ1) is 14.1. The van der Waals surface area contributed by atoms with Crippen molar-refractivity contribution in [1.82, 2.24) is 9.80 Å².